The Labute approximate surface area is 163 Å². The number of aryl methyl sites for hydroxylation is 1. The van der Waals surface area contributed by atoms with E-state index in [1.54, 1.807) is 30.3 Å². The second kappa shape index (κ2) is 9.01. The summed E-state index contributed by atoms with van der Waals surface area (Å²) in [6.45, 7) is 1.92. The summed E-state index contributed by atoms with van der Waals surface area (Å²) >= 11 is 6.02. The molecule has 2 rings (SSSR count). The van der Waals surface area contributed by atoms with Gasteiger partial charge in [-0.2, -0.15) is 0 Å². The van der Waals surface area contributed by atoms with Gasteiger partial charge in [0.1, 0.15) is 15.9 Å². The van der Waals surface area contributed by atoms with Crippen molar-refractivity contribution in [3.63, 3.8) is 0 Å². The molecule has 2 N–H and O–H groups in total. The third-order valence-corrected chi connectivity index (χ3v) is 5.14. The molecule has 2 amide bonds. The highest BCUT2D eigenvalue weighted by Crippen LogP contribution is 2.16. The van der Waals surface area contributed by atoms with Crippen LogP contribution in [-0.2, 0) is 14.6 Å². The molecule has 0 heterocycles. The maximum Gasteiger partial charge on any atom is 0.253 e. The van der Waals surface area contributed by atoms with Crippen molar-refractivity contribution < 1.29 is 18.0 Å². The summed E-state index contributed by atoms with van der Waals surface area (Å²) in [5, 5.41) is 5.52. The summed E-state index contributed by atoms with van der Waals surface area (Å²) in [6.07, 6.45) is 1.03. The Morgan fingerprint density at radius 3 is 2.30 bits per heavy atom. The van der Waals surface area contributed by atoms with E-state index < -0.39 is 27.7 Å². The molecule has 0 saturated heterocycles. The van der Waals surface area contributed by atoms with Crippen LogP contribution in [0.15, 0.2) is 48.5 Å². The molecule has 0 aromatic heterocycles. The Bertz CT molecular complexity index is 927. The molecule has 0 aliphatic rings. The maximum absolute atomic E-state index is 12.6. The first-order valence-corrected chi connectivity index (χ1v) is 10.7. The molecule has 27 heavy (non-hydrogen) atoms. The molecule has 2 aromatic rings. The third kappa shape index (κ3) is 6.69. The number of nitrogens with one attached hydrogen (secondary N) is 2. The second-order valence-electron chi connectivity index (χ2n) is 6.28. The quantitative estimate of drug-likeness (QED) is 0.736. The number of carbonyl (C=O) groups is 2. The minimum absolute atomic E-state index is 0.0489. The molecule has 0 fully saturated rings. The van der Waals surface area contributed by atoms with Crippen molar-refractivity contribution >= 4 is 38.9 Å². The van der Waals surface area contributed by atoms with Gasteiger partial charge in [-0.05, 0) is 37.6 Å². The monoisotopic (exact) mass is 408 g/mol. The summed E-state index contributed by atoms with van der Waals surface area (Å²) in [5.74, 6) is -1.28. The average molecular weight is 409 g/mol. The first-order valence-electron chi connectivity index (χ1n) is 8.26. The van der Waals surface area contributed by atoms with Crippen LogP contribution < -0.4 is 10.6 Å². The molecule has 0 spiro atoms. The van der Waals surface area contributed by atoms with Crippen molar-refractivity contribution in [3.8, 4) is 0 Å². The Morgan fingerprint density at radius 2 is 1.70 bits per heavy atom. The highest BCUT2D eigenvalue weighted by molar-refractivity contribution is 7.90. The van der Waals surface area contributed by atoms with Crippen molar-refractivity contribution in [2.75, 3.05) is 17.3 Å². The van der Waals surface area contributed by atoms with E-state index in [-0.39, 0.29) is 22.8 Å². The first kappa shape index (κ1) is 20.9. The SMILES string of the molecule is Cc1ccc(NC(=O)[C@H](CCS(C)(=O)=O)NC(=O)c2ccccc2Cl)cc1. The van der Waals surface area contributed by atoms with Gasteiger partial charge in [-0.3, -0.25) is 9.59 Å². The Kier molecular flexibility index (Phi) is 6.98. The number of anilines is 1. The van der Waals surface area contributed by atoms with E-state index in [1.807, 2.05) is 19.1 Å². The van der Waals surface area contributed by atoms with E-state index in [9.17, 15) is 18.0 Å². The van der Waals surface area contributed by atoms with Crippen molar-refractivity contribution in [2.24, 2.45) is 0 Å². The van der Waals surface area contributed by atoms with E-state index in [2.05, 4.69) is 10.6 Å². The smallest absolute Gasteiger partial charge is 0.253 e. The van der Waals surface area contributed by atoms with E-state index in [4.69, 9.17) is 11.6 Å². The molecule has 0 unspecified atom stereocenters. The van der Waals surface area contributed by atoms with Gasteiger partial charge in [0, 0.05) is 11.9 Å². The average Bonchev–Trinajstić information content (AvgIpc) is 2.60. The zero-order valence-electron chi connectivity index (χ0n) is 15.0. The fraction of sp³-hybridized carbons (Fsp3) is 0.263. The topological polar surface area (TPSA) is 92.3 Å². The molecule has 6 nitrogen and oxygen atoms in total. The van der Waals surface area contributed by atoms with E-state index >= 15 is 0 Å². The van der Waals surface area contributed by atoms with E-state index in [0.29, 0.717) is 5.69 Å². The Morgan fingerprint density at radius 1 is 1.07 bits per heavy atom. The van der Waals surface area contributed by atoms with Crippen LogP contribution in [0.5, 0.6) is 0 Å². The number of sulfone groups is 1. The molecule has 0 aliphatic carbocycles. The van der Waals surface area contributed by atoms with Gasteiger partial charge in [0.15, 0.2) is 0 Å². The fourth-order valence-corrected chi connectivity index (χ4v) is 3.23. The summed E-state index contributed by atoms with van der Waals surface area (Å²) in [4.78, 5) is 25.1. The van der Waals surface area contributed by atoms with Gasteiger partial charge in [-0.25, -0.2) is 8.42 Å². The molecule has 144 valence electrons. The molecule has 0 saturated carbocycles. The van der Waals surface area contributed by atoms with Crippen LogP contribution in [0, 0.1) is 6.92 Å². The Hall–Kier alpha value is -2.38. The molecule has 2 aromatic carbocycles. The molecular weight excluding hydrogens is 388 g/mol. The Balaban J connectivity index is 2.16. The lowest BCUT2D eigenvalue weighted by atomic mass is 10.1. The zero-order chi connectivity index (χ0) is 20.0. The lowest BCUT2D eigenvalue weighted by Gasteiger charge is -2.18. The molecular formula is C19H21ClN2O4S. The lowest BCUT2D eigenvalue weighted by Crippen LogP contribution is -2.44. The molecule has 8 heteroatoms. The van der Waals surface area contributed by atoms with Crippen molar-refractivity contribution in [1.29, 1.82) is 0 Å². The van der Waals surface area contributed by atoms with Crippen LogP contribution in [0.4, 0.5) is 5.69 Å². The van der Waals surface area contributed by atoms with Gasteiger partial charge < -0.3 is 10.6 Å². The van der Waals surface area contributed by atoms with Gasteiger partial charge in [0.05, 0.1) is 16.3 Å². The zero-order valence-corrected chi connectivity index (χ0v) is 16.6. The molecule has 0 aliphatic heterocycles. The second-order valence-corrected chi connectivity index (χ2v) is 8.95. The standard InChI is InChI=1S/C19H21ClN2O4S/c1-13-7-9-14(10-8-13)21-19(24)17(11-12-27(2,25)26)22-18(23)15-5-3-4-6-16(15)20/h3-10,17H,11-12H2,1-2H3,(H,21,24)(H,22,23)/t17-/m0/s1. The van der Waals surface area contributed by atoms with Crippen LogP contribution in [0.3, 0.4) is 0 Å². The highest BCUT2D eigenvalue weighted by Gasteiger charge is 2.24. The predicted molar refractivity (Wildman–Crippen MR) is 107 cm³/mol. The minimum atomic E-state index is -3.30. The van der Waals surface area contributed by atoms with Gasteiger partial charge in [0.2, 0.25) is 5.91 Å². The summed E-state index contributed by atoms with van der Waals surface area (Å²) in [6, 6.07) is 12.5. The molecule has 0 bridgehead atoms. The van der Waals surface area contributed by atoms with Crippen molar-refractivity contribution in [1.82, 2.24) is 5.32 Å². The van der Waals surface area contributed by atoms with Gasteiger partial charge in [-0.15, -0.1) is 0 Å². The number of benzene rings is 2. The maximum atomic E-state index is 12.6. The number of halogens is 1. The van der Waals surface area contributed by atoms with Gasteiger partial charge in [-0.1, -0.05) is 41.4 Å². The summed E-state index contributed by atoms with van der Waals surface area (Å²) < 4.78 is 23.0. The van der Waals surface area contributed by atoms with E-state index in [0.717, 1.165) is 11.8 Å². The predicted octanol–water partition coefficient (Wildman–Crippen LogP) is 2.82. The summed E-state index contributed by atoms with van der Waals surface area (Å²) in [5.41, 5.74) is 1.81. The normalized spacial score (nSPS) is 12.3. The van der Waals surface area contributed by atoms with E-state index in [1.165, 1.54) is 6.07 Å². The summed E-state index contributed by atoms with van der Waals surface area (Å²) in [7, 11) is -3.30. The molecule has 1 atom stereocenters. The number of carbonyl (C=O) groups excluding carboxylic acids is 2. The number of hydrogen-bond acceptors (Lipinski definition) is 4. The van der Waals surface area contributed by atoms with Crippen molar-refractivity contribution in [3.05, 3.63) is 64.7 Å². The van der Waals surface area contributed by atoms with Crippen LogP contribution in [-0.4, -0.2) is 38.3 Å². The molecule has 0 radical (unpaired) electrons. The van der Waals surface area contributed by atoms with Crippen LogP contribution in [0.2, 0.25) is 5.02 Å². The number of rotatable bonds is 7. The van der Waals surface area contributed by atoms with Gasteiger partial charge in [0.25, 0.3) is 5.91 Å². The highest BCUT2D eigenvalue weighted by atomic mass is 35.5. The van der Waals surface area contributed by atoms with Crippen LogP contribution in [0.25, 0.3) is 0 Å². The number of amides is 2. The largest absolute Gasteiger partial charge is 0.340 e. The third-order valence-electron chi connectivity index (χ3n) is 3.84. The fourth-order valence-electron chi connectivity index (χ4n) is 2.35. The van der Waals surface area contributed by atoms with Crippen LogP contribution in [0.1, 0.15) is 22.3 Å². The first-order chi connectivity index (χ1) is 12.7. The van der Waals surface area contributed by atoms with Crippen LogP contribution >= 0.6 is 11.6 Å². The van der Waals surface area contributed by atoms with Crippen molar-refractivity contribution in [2.45, 2.75) is 19.4 Å². The van der Waals surface area contributed by atoms with Gasteiger partial charge >= 0.3 is 0 Å². The lowest BCUT2D eigenvalue weighted by molar-refractivity contribution is -0.118. The number of hydrogen-bond donors (Lipinski definition) is 2. The minimum Gasteiger partial charge on any atom is -0.340 e.